The maximum atomic E-state index is 12.3. The average molecular weight is 267 g/mol. The third-order valence-corrected chi connectivity index (χ3v) is 4.14. The molecule has 1 atom stereocenters. The van der Waals surface area contributed by atoms with E-state index >= 15 is 0 Å². The number of aromatic nitrogens is 1. The maximum absolute atomic E-state index is 12.3. The van der Waals surface area contributed by atoms with Gasteiger partial charge < -0.3 is 10.6 Å². The van der Waals surface area contributed by atoms with Crippen LogP contribution in [0.15, 0.2) is 10.9 Å². The number of nitrogens with one attached hydrogen (secondary N) is 2. The van der Waals surface area contributed by atoms with Crippen molar-refractivity contribution >= 4 is 17.2 Å². The van der Waals surface area contributed by atoms with Crippen LogP contribution >= 0.6 is 11.3 Å². The lowest BCUT2D eigenvalue weighted by molar-refractivity contribution is -0.127. The largest absolute Gasteiger partial charge is 0.354 e. The first-order valence-corrected chi connectivity index (χ1v) is 7.61. The predicted octanol–water partition coefficient (Wildman–Crippen LogP) is 1.72. The van der Waals surface area contributed by atoms with E-state index in [1.807, 2.05) is 10.9 Å². The quantitative estimate of drug-likeness (QED) is 0.825. The molecule has 100 valence electrons. The number of carbonyl (C=O) groups excluding carboxylic acids is 1. The summed E-state index contributed by atoms with van der Waals surface area (Å²) < 4.78 is 0. The third-order valence-electron chi connectivity index (χ3n) is 3.51. The molecule has 18 heavy (non-hydrogen) atoms. The third kappa shape index (κ3) is 3.09. The Morgan fingerprint density at radius 2 is 2.56 bits per heavy atom. The van der Waals surface area contributed by atoms with Crippen molar-refractivity contribution in [3.8, 4) is 0 Å². The van der Waals surface area contributed by atoms with Gasteiger partial charge in [0, 0.05) is 18.3 Å². The molecule has 1 aromatic rings. The van der Waals surface area contributed by atoms with E-state index in [1.54, 1.807) is 11.3 Å². The number of hydrogen-bond donors (Lipinski definition) is 2. The van der Waals surface area contributed by atoms with E-state index in [2.05, 4.69) is 22.5 Å². The zero-order valence-electron chi connectivity index (χ0n) is 10.9. The van der Waals surface area contributed by atoms with Gasteiger partial charge in [-0.2, -0.15) is 0 Å². The van der Waals surface area contributed by atoms with Crippen LogP contribution in [0.3, 0.4) is 0 Å². The summed E-state index contributed by atoms with van der Waals surface area (Å²) in [6, 6.07) is 0. The molecule has 0 saturated carbocycles. The van der Waals surface area contributed by atoms with E-state index in [4.69, 9.17) is 0 Å². The van der Waals surface area contributed by atoms with Gasteiger partial charge in [-0.1, -0.05) is 13.3 Å². The molecule has 0 aromatic carbocycles. The first-order chi connectivity index (χ1) is 8.77. The van der Waals surface area contributed by atoms with Crippen LogP contribution in [-0.2, 0) is 11.2 Å². The number of hydrogen-bond acceptors (Lipinski definition) is 4. The Labute approximate surface area is 112 Å². The maximum Gasteiger partial charge on any atom is 0.240 e. The fraction of sp³-hybridized carbons (Fsp3) is 0.692. The van der Waals surface area contributed by atoms with E-state index in [1.165, 1.54) is 0 Å². The number of carbonyl (C=O) groups is 1. The summed E-state index contributed by atoms with van der Waals surface area (Å²) in [6.07, 6.45) is 4.84. The highest BCUT2D eigenvalue weighted by atomic mass is 32.1. The first-order valence-electron chi connectivity index (χ1n) is 6.67. The van der Waals surface area contributed by atoms with Crippen LogP contribution in [-0.4, -0.2) is 29.5 Å². The van der Waals surface area contributed by atoms with Gasteiger partial charge in [-0.3, -0.25) is 4.79 Å². The predicted molar refractivity (Wildman–Crippen MR) is 73.7 cm³/mol. The second kappa shape index (κ2) is 6.29. The number of amides is 1. The van der Waals surface area contributed by atoms with Gasteiger partial charge >= 0.3 is 0 Å². The molecule has 1 aliphatic rings. The normalized spacial score (nSPS) is 23.2. The highest BCUT2D eigenvalue weighted by molar-refractivity contribution is 7.07. The van der Waals surface area contributed by atoms with Gasteiger partial charge in [-0.15, -0.1) is 11.3 Å². The van der Waals surface area contributed by atoms with Crippen LogP contribution in [0.4, 0.5) is 0 Å². The second-order valence-electron chi connectivity index (χ2n) is 4.85. The average Bonchev–Trinajstić information content (AvgIpc) is 3.01. The molecule has 0 radical (unpaired) electrons. The lowest BCUT2D eigenvalue weighted by Crippen LogP contribution is -2.53. The molecule has 1 fully saturated rings. The molecular formula is C13H21N3OS. The molecule has 1 unspecified atom stereocenters. The Morgan fingerprint density at radius 1 is 1.67 bits per heavy atom. The molecule has 1 amide bonds. The highest BCUT2D eigenvalue weighted by Gasteiger charge is 2.39. The van der Waals surface area contributed by atoms with Crippen molar-refractivity contribution in [3.05, 3.63) is 16.6 Å². The van der Waals surface area contributed by atoms with Crippen LogP contribution in [0.2, 0.25) is 0 Å². The molecule has 1 aliphatic heterocycles. The Morgan fingerprint density at radius 3 is 3.17 bits per heavy atom. The number of rotatable bonds is 6. The molecule has 0 bridgehead atoms. The fourth-order valence-corrected chi connectivity index (χ4v) is 3.18. The standard InChI is InChI=1S/C13H21N3OS/c1-2-5-13(6-3-7-16-13)12(17)14-8-4-11-9-18-10-15-11/h9-10,16H,2-8H2,1H3,(H,14,17). The van der Waals surface area contributed by atoms with Gasteiger partial charge in [0.25, 0.3) is 0 Å². The Bertz CT molecular complexity index is 372. The Kier molecular flexibility index (Phi) is 4.72. The van der Waals surface area contributed by atoms with Crippen molar-refractivity contribution in [2.24, 2.45) is 0 Å². The molecule has 1 saturated heterocycles. The van der Waals surface area contributed by atoms with Gasteiger partial charge in [0.15, 0.2) is 0 Å². The van der Waals surface area contributed by atoms with Crippen LogP contribution in [0.5, 0.6) is 0 Å². The molecule has 4 nitrogen and oxygen atoms in total. The molecule has 2 N–H and O–H groups in total. The van der Waals surface area contributed by atoms with Crippen LogP contribution in [0.25, 0.3) is 0 Å². The molecule has 5 heteroatoms. The van der Waals surface area contributed by atoms with E-state index in [0.29, 0.717) is 6.54 Å². The lowest BCUT2D eigenvalue weighted by Gasteiger charge is -2.27. The van der Waals surface area contributed by atoms with Crippen molar-refractivity contribution in [1.29, 1.82) is 0 Å². The van der Waals surface area contributed by atoms with Crippen LogP contribution < -0.4 is 10.6 Å². The van der Waals surface area contributed by atoms with Gasteiger partial charge in [0.2, 0.25) is 5.91 Å². The molecule has 0 spiro atoms. The fourth-order valence-electron chi connectivity index (χ4n) is 2.59. The van der Waals surface area contributed by atoms with E-state index in [0.717, 1.165) is 44.3 Å². The highest BCUT2D eigenvalue weighted by Crippen LogP contribution is 2.24. The molecule has 1 aromatic heterocycles. The number of nitrogens with zero attached hydrogens (tertiary/aromatic N) is 1. The first kappa shape index (κ1) is 13.5. The Hall–Kier alpha value is -0.940. The SMILES string of the molecule is CCCC1(C(=O)NCCc2cscn2)CCCN1. The minimum atomic E-state index is -0.309. The number of thiazole rings is 1. The summed E-state index contributed by atoms with van der Waals surface area (Å²) in [7, 11) is 0. The van der Waals surface area contributed by atoms with Crippen molar-refractivity contribution in [2.45, 2.75) is 44.6 Å². The van der Waals surface area contributed by atoms with Gasteiger partial charge in [0.1, 0.15) is 0 Å². The summed E-state index contributed by atoms with van der Waals surface area (Å²) in [6.45, 7) is 3.76. The Balaban J connectivity index is 1.82. The summed E-state index contributed by atoms with van der Waals surface area (Å²) in [4.78, 5) is 16.5. The van der Waals surface area contributed by atoms with E-state index in [-0.39, 0.29) is 11.4 Å². The summed E-state index contributed by atoms with van der Waals surface area (Å²) in [5, 5.41) is 8.47. The summed E-state index contributed by atoms with van der Waals surface area (Å²) >= 11 is 1.59. The molecule has 2 heterocycles. The second-order valence-corrected chi connectivity index (χ2v) is 5.57. The van der Waals surface area contributed by atoms with E-state index < -0.39 is 0 Å². The van der Waals surface area contributed by atoms with Crippen LogP contribution in [0.1, 0.15) is 38.3 Å². The molecular weight excluding hydrogens is 246 g/mol. The van der Waals surface area contributed by atoms with Gasteiger partial charge in [-0.05, 0) is 25.8 Å². The smallest absolute Gasteiger partial charge is 0.240 e. The summed E-state index contributed by atoms with van der Waals surface area (Å²) in [5.74, 6) is 0.164. The topological polar surface area (TPSA) is 54.0 Å². The molecule has 2 rings (SSSR count). The van der Waals surface area contributed by atoms with E-state index in [9.17, 15) is 4.79 Å². The zero-order chi connectivity index (χ0) is 12.8. The minimum Gasteiger partial charge on any atom is -0.354 e. The minimum absolute atomic E-state index is 0.164. The summed E-state index contributed by atoms with van der Waals surface area (Å²) in [5.41, 5.74) is 2.58. The van der Waals surface area contributed by atoms with Crippen molar-refractivity contribution in [3.63, 3.8) is 0 Å². The monoisotopic (exact) mass is 267 g/mol. The van der Waals surface area contributed by atoms with Gasteiger partial charge in [0.05, 0.1) is 16.7 Å². The zero-order valence-corrected chi connectivity index (χ0v) is 11.7. The van der Waals surface area contributed by atoms with Crippen molar-refractivity contribution in [2.75, 3.05) is 13.1 Å². The van der Waals surface area contributed by atoms with Crippen molar-refractivity contribution < 1.29 is 4.79 Å². The van der Waals surface area contributed by atoms with Gasteiger partial charge in [-0.25, -0.2) is 4.98 Å². The van der Waals surface area contributed by atoms with Crippen LogP contribution in [0, 0.1) is 0 Å². The van der Waals surface area contributed by atoms with Crippen molar-refractivity contribution in [1.82, 2.24) is 15.6 Å². The lowest BCUT2D eigenvalue weighted by atomic mass is 9.91. The molecule has 0 aliphatic carbocycles.